The normalized spacial score (nSPS) is 10.4. The molecule has 0 atom stereocenters. The van der Waals surface area contributed by atoms with E-state index < -0.39 is 0 Å². The number of anilines is 1. The van der Waals surface area contributed by atoms with Crippen molar-refractivity contribution < 1.29 is 0 Å². The first-order chi connectivity index (χ1) is 7.34. The first kappa shape index (κ1) is 10.5. The number of nitrogens with two attached hydrogens (primary N) is 1. The molecule has 0 spiro atoms. The second-order valence-electron chi connectivity index (χ2n) is 3.16. The number of thioether (sulfide) groups is 1. The average molecular weight is 236 g/mol. The molecule has 0 aliphatic carbocycles. The molecule has 0 aliphatic rings. The van der Waals surface area contributed by atoms with E-state index in [9.17, 15) is 0 Å². The summed E-state index contributed by atoms with van der Waals surface area (Å²) in [7, 11) is 0. The van der Waals surface area contributed by atoms with Crippen molar-refractivity contribution in [1.29, 1.82) is 0 Å². The van der Waals surface area contributed by atoms with Crippen LogP contribution in [0.4, 0.5) is 5.69 Å². The molecule has 2 rings (SSSR count). The van der Waals surface area contributed by atoms with E-state index in [-0.39, 0.29) is 0 Å². The lowest BCUT2D eigenvalue weighted by Gasteiger charge is -1.99. The van der Waals surface area contributed by atoms with Gasteiger partial charge in [-0.25, -0.2) is 4.98 Å². The molecule has 0 unspecified atom stereocenters. The maximum atomic E-state index is 5.56. The zero-order valence-corrected chi connectivity index (χ0v) is 9.85. The highest BCUT2D eigenvalue weighted by Crippen LogP contribution is 2.18. The van der Waals surface area contributed by atoms with Crippen LogP contribution in [0.25, 0.3) is 0 Å². The lowest BCUT2D eigenvalue weighted by atomic mass is 10.3. The molecular formula is C11H12N2S2. The third kappa shape index (κ3) is 3.25. The topological polar surface area (TPSA) is 38.9 Å². The molecule has 0 amide bonds. The fourth-order valence-electron chi connectivity index (χ4n) is 1.19. The van der Waals surface area contributed by atoms with Crippen LogP contribution in [-0.4, -0.2) is 10.7 Å². The molecule has 0 saturated carbocycles. The SMILES string of the molecule is Nc1ccc(SCCc2ccsc2)nc1. The van der Waals surface area contributed by atoms with E-state index in [1.807, 2.05) is 12.1 Å². The number of nitrogens with zero attached hydrogens (tertiary/aromatic N) is 1. The van der Waals surface area contributed by atoms with E-state index in [1.165, 1.54) is 5.56 Å². The molecule has 0 aliphatic heterocycles. The lowest BCUT2D eigenvalue weighted by molar-refractivity contribution is 1.11. The predicted octanol–water partition coefficient (Wildman–Crippen LogP) is 3.06. The van der Waals surface area contributed by atoms with Gasteiger partial charge in [0.25, 0.3) is 0 Å². The van der Waals surface area contributed by atoms with Crippen LogP contribution >= 0.6 is 23.1 Å². The van der Waals surface area contributed by atoms with Crippen LogP contribution < -0.4 is 5.73 Å². The summed E-state index contributed by atoms with van der Waals surface area (Å²) in [4.78, 5) is 4.24. The smallest absolute Gasteiger partial charge is 0.0961 e. The number of nitrogen functional groups attached to an aromatic ring is 1. The van der Waals surface area contributed by atoms with Crippen LogP contribution in [0.5, 0.6) is 0 Å². The summed E-state index contributed by atoms with van der Waals surface area (Å²) >= 11 is 3.51. The zero-order chi connectivity index (χ0) is 10.5. The van der Waals surface area contributed by atoms with E-state index in [0.29, 0.717) is 0 Å². The van der Waals surface area contributed by atoms with E-state index >= 15 is 0 Å². The van der Waals surface area contributed by atoms with Gasteiger partial charge in [-0.05, 0) is 40.9 Å². The average Bonchev–Trinajstić information content (AvgIpc) is 2.74. The molecule has 0 radical (unpaired) electrons. The van der Waals surface area contributed by atoms with Gasteiger partial charge in [0.15, 0.2) is 0 Å². The van der Waals surface area contributed by atoms with Crippen molar-refractivity contribution >= 4 is 28.8 Å². The number of pyridine rings is 1. The number of aryl methyl sites for hydroxylation is 1. The number of thiophene rings is 1. The van der Waals surface area contributed by atoms with Gasteiger partial charge < -0.3 is 5.73 Å². The Bertz CT molecular complexity index is 395. The monoisotopic (exact) mass is 236 g/mol. The van der Waals surface area contributed by atoms with Crippen LogP contribution in [0.1, 0.15) is 5.56 Å². The minimum Gasteiger partial charge on any atom is -0.397 e. The number of aromatic nitrogens is 1. The van der Waals surface area contributed by atoms with Crippen molar-refractivity contribution in [3.8, 4) is 0 Å². The van der Waals surface area contributed by atoms with Crippen LogP contribution in [0.3, 0.4) is 0 Å². The molecule has 2 nitrogen and oxygen atoms in total. The summed E-state index contributed by atoms with van der Waals surface area (Å²) in [6.07, 6.45) is 2.80. The Hall–Kier alpha value is -1.00. The summed E-state index contributed by atoms with van der Waals surface area (Å²) < 4.78 is 0. The Morgan fingerprint density at radius 2 is 2.27 bits per heavy atom. The van der Waals surface area contributed by atoms with Gasteiger partial charge in [0, 0.05) is 5.75 Å². The second kappa shape index (κ2) is 5.19. The Kier molecular flexibility index (Phi) is 3.64. The molecule has 2 N–H and O–H groups in total. The summed E-state index contributed by atoms with van der Waals surface area (Å²) in [5, 5.41) is 5.35. The fourth-order valence-corrected chi connectivity index (χ4v) is 2.73. The van der Waals surface area contributed by atoms with Crippen molar-refractivity contribution in [2.75, 3.05) is 11.5 Å². The Morgan fingerprint density at radius 3 is 2.93 bits per heavy atom. The molecule has 0 saturated heterocycles. The summed E-state index contributed by atoms with van der Waals surface area (Å²) in [5.41, 5.74) is 7.69. The first-order valence-electron chi connectivity index (χ1n) is 4.70. The number of hydrogen-bond acceptors (Lipinski definition) is 4. The van der Waals surface area contributed by atoms with Gasteiger partial charge in [-0.2, -0.15) is 11.3 Å². The minimum atomic E-state index is 0.720. The first-order valence-corrected chi connectivity index (χ1v) is 6.63. The van der Waals surface area contributed by atoms with Gasteiger partial charge in [-0.1, -0.05) is 0 Å². The van der Waals surface area contributed by atoms with Crippen molar-refractivity contribution in [3.05, 3.63) is 40.7 Å². The standard InChI is InChI=1S/C11H12N2S2/c12-10-1-2-11(13-7-10)15-6-4-9-3-5-14-8-9/h1-3,5,7-8H,4,6,12H2. The molecule has 0 aromatic carbocycles. The van der Waals surface area contributed by atoms with E-state index in [4.69, 9.17) is 5.73 Å². The highest BCUT2D eigenvalue weighted by atomic mass is 32.2. The van der Waals surface area contributed by atoms with Crippen LogP contribution in [0.2, 0.25) is 0 Å². The van der Waals surface area contributed by atoms with E-state index in [0.717, 1.165) is 22.9 Å². The Balaban J connectivity index is 1.81. The van der Waals surface area contributed by atoms with Gasteiger partial charge in [0.05, 0.1) is 16.9 Å². The fraction of sp³-hybridized carbons (Fsp3) is 0.182. The number of rotatable bonds is 4. The van der Waals surface area contributed by atoms with Gasteiger partial charge in [-0.3, -0.25) is 0 Å². The lowest BCUT2D eigenvalue weighted by Crippen LogP contribution is -1.89. The number of hydrogen-bond donors (Lipinski definition) is 1. The summed E-state index contributed by atoms with van der Waals surface area (Å²) in [5.74, 6) is 1.06. The molecule has 2 aromatic rings. The summed E-state index contributed by atoms with van der Waals surface area (Å²) in [6, 6.07) is 6.02. The molecule has 0 bridgehead atoms. The largest absolute Gasteiger partial charge is 0.397 e. The van der Waals surface area contributed by atoms with Crippen molar-refractivity contribution in [3.63, 3.8) is 0 Å². The molecule has 4 heteroatoms. The maximum Gasteiger partial charge on any atom is 0.0961 e. The highest BCUT2D eigenvalue weighted by molar-refractivity contribution is 7.99. The molecule has 78 valence electrons. The van der Waals surface area contributed by atoms with Crippen molar-refractivity contribution in [2.45, 2.75) is 11.4 Å². The van der Waals surface area contributed by atoms with Gasteiger partial charge in [0.2, 0.25) is 0 Å². The molecular weight excluding hydrogens is 224 g/mol. The second-order valence-corrected chi connectivity index (χ2v) is 5.06. The van der Waals surface area contributed by atoms with Crippen LogP contribution in [0.15, 0.2) is 40.2 Å². The zero-order valence-electron chi connectivity index (χ0n) is 8.22. The van der Waals surface area contributed by atoms with Crippen LogP contribution in [-0.2, 0) is 6.42 Å². The van der Waals surface area contributed by atoms with E-state index in [1.54, 1.807) is 29.3 Å². The molecule has 2 heterocycles. The maximum absolute atomic E-state index is 5.56. The van der Waals surface area contributed by atoms with Gasteiger partial charge in [-0.15, -0.1) is 11.8 Å². The highest BCUT2D eigenvalue weighted by Gasteiger charge is 1.97. The minimum absolute atomic E-state index is 0.720. The van der Waals surface area contributed by atoms with E-state index in [2.05, 4.69) is 21.8 Å². The van der Waals surface area contributed by atoms with Crippen LogP contribution in [0, 0.1) is 0 Å². The summed E-state index contributed by atoms with van der Waals surface area (Å²) in [6.45, 7) is 0. The quantitative estimate of drug-likeness (QED) is 0.829. The molecule has 2 aromatic heterocycles. The van der Waals surface area contributed by atoms with Gasteiger partial charge >= 0.3 is 0 Å². The predicted molar refractivity (Wildman–Crippen MR) is 67.4 cm³/mol. The van der Waals surface area contributed by atoms with Crippen molar-refractivity contribution in [2.24, 2.45) is 0 Å². The molecule has 0 fully saturated rings. The van der Waals surface area contributed by atoms with Gasteiger partial charge in [0.1, 0.15) is 0 Å². The Labute approximate surface area is 97.5 Å². The molecule has 15 heavy (non-hydrogen) atoms. The Morgan fingerprint density at radius 1 is 1.33 bits per heavy atom. The van der Waals surface area contributed by atoms with Crippen molar-refractivity contribution in [1.82, 2.24) is 4.98 Å². The third-order valence-electron chi connectivity index (χ3n) is 1.98. The third-order valence-corrected chi connectivity index (χ3v) is 3.66.